The average molecular weight is 211 g/mol. The molecule has 0 radical (unpaired) electrons. The van der Waals surface area contributed by atoms with E-state index in [1.807, 2.05) is 10.9 Å². The predicted molar refractivity (Wildman–Crippen MR) is 60.9 cm³/mol. The van der Waals surface area contributed by atoms with Crippen molar-refractivity contribution in [2.75, 3.05) is 26.8 Å². The van der Waals surface area contributed by atoms with E-state index in [2.05, 4.69) is 30.5 Å². The van der Waals surface area contributed by atoms with Gasteiger partial charge in [-0.15, -0.1) is 0 Å². The molecule has 4 nitrogen and oxygen atoms in total. The second-order valence-electron chi connectivity index (χ2n) is 4.05. The molecule has 1 aromatic heterocycles. The summed E-state index contributed by atoms with van der Waals surface area (Å²) in [4.78, 5) is 0. The Balaban J connectivity index is 2.06. The summed E-state index contributed by atoms with van der Waals surface area (Å²) in [6.45, 7) is 7.91. The zero-order chi connectivity index (χ0) is 11.1. The average Bonchev–Trinajstić information content (AvgIpc) is 2.60. The van der Waals surface area contributed by atoms with Gasteiger partial charge < -0.3 is 10.1 Å². The van der Waals surface area contributed by atoms with Crippen LogP contribution in [-0.2, 0) is 11.3 Å². The van der Waals surface area contributed by atoms with Gasteiger partial charge in [0.15, 0.2) is 0 Å². The first-order valence-corrected chi connectivity index (χ1v) is 5.41. The molecule has 86 valence electrons. The quantitative estimate of drug-likeness (QED) is 0.686. The maximum Gasteiger partial charge on any atom is 0.0534 e. The number of aromatic nitrogens is 2. The second-order valence-corrected chi connectivity index (χ2v) is 4.05. The lowest BCUT2D eigenvalue weighted by molar-refractivity contribution is 0.158. The second kappa shape index (κ2) is 6.58. The number of hydrogen-bond donors (Lipinski definition) is 1. The van der Waals surface area contributed by atoms with Gasteiger partial charge in [-0.05, 0) is 24.9 Å². The van der Waals surface area contributed by atoms with Crippen LogP contribution in [-0.4, -0.2) is 36.6 Å². The van der Waals surface area contributed by atoms with Gasteiger partial charge in [-0.2, -0.15) is 5.10 Å². The van der Waals surface area contributed by atoms with Crippen LogP contribution in [0.5, 0.6) is 0 Å². The third-order valence-electron chi connectivity index (χ3n) is 2.22. The molecule has 15 heavy (non-hydrogen) atoms. The molecular formula is C11H21N3O. The summed E-state index contributed by atoms with van der Waals surface area (Å²) in [7, 11) is 1.74. The minimum Gasteiger partial charge on any atom is -0.384 e. The van der Waals surface area contributed by atoms with E-state index >= 15 is 0 Å². The molecule has 0 bridgehead atoms. The van der Waals surface area contributed by atoms with Crippen molar-refractivity contribution in [2.24, 2.45) is 5.92 Å². The highest BCUT2D eigenvalue weighted by Crippen LogP contribution is 1.94. The van der Waals surface area contributed by atoms with Crippen LogP contribution in [0.3, 0.4) is 0 Å². The van der Waals surface area contributed by atoms with E-state index in [0.717, 1.165) is 26.2 Å². The Labute approximate surface area is 91.6 Å². The third-order valence-corrected chi connectivity index (χ3v) is 2.22. The molecule has 0 aromatic carbocycles. The number of rotatable bonds is 7. The smallest absolute Gasteiger partial charge is 0.0534 e. The molecule has 0 aliphatic carbocycles. The molecular weight excluding hydrogens is 190 g/mol. The van der Waals surface area contributed by atoms with Crippen LogP contribution in [0.25, 0.3) is 0 Å². The first-order chi connectivity index (χ1) is 7.22. The van der Waals surface area contributed by atoms with Crippen molar-refractivity contribution in [3.63, 3.8) is 0 Å². The summed E-state index contributed by atoms with van der Waals surface area (Å²) in [5.74, 6) is 0.564. The van der Waals surface area contributed by atoms with Crippen LogP contribution < -0.4 is 5.32 Å². The van der Waals surface area contributed by atoms with Gasteiger partial charge in [0.05, 0.1) is 12.7 Å². The molecule has 0 saturated heterocycles. The molecule has 0 saturated carbocycles. The Morgan fingerprint density at radius 1 is 1.60 bits per heavy atom. The Kier molecular flexibility index (Phi) is 5.36. The maximum atomic E-state index is 5.06. The highest BCUT2D eigenvalue weighted by atomic mass is 16.5. The molecule has 1 unspecified atom stereocenters. The largest absolute Gasteiger partial charge is 0.384 e. The van der Waals surface area contributed by atoms with E-state index in [9.17, 15) is 0 Å². The van der Waals surface area contributed by atoms with E-state index in [0.29, 0.717) is 5.92 Å². The highest BCUT2D eigenvalue weighted by molar-refractivity contribution is 4.99. The molecule has 0 spiro atoms. The van der Waals surface area contributed by atoms with Gasteiger partial charge in [-0.1, -0.05) is 6.92 Å². The first kappa shape index (κ1) is 12.2. The lowest BCUT2D eigenvalue weighted by Crippen LogP contribution is -2.27. The van der Waals surface area contributed by atoms with E-state index in [1.54, 1.807) is 7.11 Å². The maximum absolute atomic E-state index is 5.06. The van der Waals surface area contributed by atoms with Crippen LogP contribution in [0.15, 0.2) is 12.4 Å². The molecule has 0 aliphatic heterocycles. The third kappa shape index (κ3) is 4.95. The summed E-state index contributed by atoms with van der Waals surface area (Å²) < 4.78 is 7.03. The molecule has 0 fully saturated rings. The molecule has 1 aromatic rings. The van der Waals surface area contributed by atoms with Gasteiger partial charge in [0.1, 0.15) is 0 Å². The molecule has 4 heteroatoms. The number of nitrogens with zero attached hydrogens (tertiary/aromatic N) is 2. The van der Waals surface area contributed by atoms with E-state index in [1.165, 1.54) is 5.56 Å². The monoisotopic (exact) mass is 211 g/mol. The molecule has 1 heterocycles. The van der Waals surface area contributed by atoms with Crippen molar-refractivity contribution >= 4 is 0 Å². The van der Waals surface area contributed by atoms with Crippen LogP contribution in [0, 0.1) is 12.8 Å². The molecule has 1 rings (SSSR count). The zero-order valence-corrected chi connectivity index (χ0v) is 9.86. The standard InChI is InChI=1S/C11H21N3O/c1-10-7-13-14(8-10)5-4-12-6-11(2)9-15-3/h7-8,11-12H,4-6,9H2,1-3H3. The van der Waals surface area contributed by atoms with Crippen molar-refractivity contribution in [1.29, 1.82) is 0 Å². The number of ether oxygens (including phenoxy) is 1. The SMILES string of the molecule is COCC(C)CNCCn1cc(C)cn1. The summed E-state index contributed by atoms with van der Waals surface area (Å²) in [5, 5.41) is 7.61. The Bertz CT molecular complexity index is 273. The van der Waals surface area contributed by atoms with Crippen molar-refractivity contribution in [2.45, 2.75) is 20.4 Å². The van der Waals surface area contributed by atoms with Crippen molar-refractivity contribution in [1.82, 2.24) is 15.1 Å². The lowest BCUT2D eigenvalue weighted by Gasteiger charge is -2.11. The summed E-state index contributed by atoms with van der Waals surface area (Å²) in [5.41, 5.74) is 1.21. The lowest BCUT2D eigenvalue weighted by atomic mass is 10.2. The van der Waals surface area contributed by atoms with Crippen LogP contribution >= 0.6 is 0 Å². The fraction of sp³-hybridized carbons (Fsp3) is 0.727. The summed E-state index contributed by atoms with van der Waals surface area (Å²) >= 11 is 0. The fourth-order valence-electron chi connectivity index (χ4n) is 1.47. The van der Waals surface area contributed by atoms with Crippen LogP contribution in [0.1, 0.15) is 12.5 Å². The van der Waals surface area contributed by atoms with Crippen LogP contribution in [0.4, 0.5) is 0 Å². The van der Waals surface area contributed by atoms with Crippen molar-refractivity contribution < 1.29 is 4.74 Å². The Morgan fingerprint density at radius 2 is 2.40 bits per heavy atom. The number of hydrogen-bond acceptors (Lipinski definition) is 3. The van der Waals surface area contributed by atoms with Crippen molar-refractivity contribution in [3.05, 3.63) is 18.0 Å². The van der Waals surface area contributed by atoms with E-state index < -0.39 is 0 Å². The normalized spacial score (nSPS) is 13.0. The van der Waals surface area contributed by atoms with E-state index in [-0.39, 0.29) is 0 Å². The Morgan fingerprint density at radius 3 is 3.00 bits per heavy atom. The number of nitrogens with one attached hydrogen (secondary N) is 1. The number of aryl methyl sites for hydroxylation is 1. The Hall–Kier alpha value is -0.870. The minimum atomic E-state index is 0.564. The predicted octanol–water partition coefficient (Wildman–Crippen LogP) is 1.06. The molecule has 1 N–H and O–H groups in total. The molecule has 0 amide bonds. The zero-order valence-electron chi connectivity index (χ0n) is 9.86. The van der Waals surface area contributed by atoms with Gasteiger partial charge >= 0.3 is 0 Å². The first-order valence-electron chi connectivity index (χ1n) is 5.41. The fourth-order valence-corrected chi connectivity index (χ4v) is 1.47. The van der Waals surface area contributed by atoms with Gasteiger partial charge in [0.25, 0.3) is 0 Å². The summed E-state index contributed by atoms with van der Waals surface area (Å²) in [6, 6.07) is 0. The van der Waals surface area contributed by atoms with Gasteiger partial charge in [0, 0.05) is 26.5 Å². The molecule has 1 atom stereocenters. The summed E-state index contributed by atoms with van der Waals surface area (Å²) in [6.07, 6.45) is 3.94. The van der Waals surface area contributed by atoms with Gasteiger partial charge in [-0.25, -0.2) is 0 Å². The van der Waals surface area contributed by atoms with E-state index in [4.69, 9.17) is 4.74 Å². The topological polar surface area (TPSA) is 39.1 Å². The van der Waals surface area contributed by atoms with Crippen molar-refractivity contribution in [3.8, 4) is 0 Å². The van der Waals surface area contributed by atoms with Gasteiger partial charge in [0.2, 0.25) is 0 Å². The minimum absolute atomic E-state index is 0.564. The van der Waals surface area contributed by atoms with Gasteiger partial charge in [-0.3, -0.25) is 4.68 Å². The highest BCUT2D eigenvalue weighted by Gasteiger charge is 2.00. The van der Waals surface area contributed by atoms with Crippen LogP contribution in [0.2, 0.25) is 0 Å². The number of methoxy groups -OCH3 is 1. The molecule has 0 aliphatic rings.